The summed E-state index contributed by atoms with van der Waals surface area (Å²) in [4.78, 5) is 2.18. The monoisotopic (exact) mass is 254 g/mol. The maximum atomic E-state index is 13.6. The summed E-state index contributed by atoms with van der Waals surface area (Å²) in [5, 5.41) is 3.45. The molecule has 0 spiro atoms. The predicted molar refractivity (Wildman–Crippen MR) is 68.3 cm³/mol. The molecule has 1 heterocycles. The molecule has 4 heteroatoms. The van der Waals surface area contributed by atoms with Crippen molar-refractivity contribution in [3.8, 4) is 0 Å². The van der Waals surface area contributed by atoms with Crippen LogP contribution in [0.4, 0.5) is 8.78 Å². The maximum absolute atomic E-state index is 13.6. The van der Waals surface area contributed by atoms with Crippen LogP contribution in [-0.2, 0) is 6.54 Å². The zero-order valence-corrected chi connectivity index (χ0v) is 11.0. The molecule has 0 atom stereocenters. The van der Waals surface area contributed by atoms with Crippen LogP contribution in [0, 0.1) is 11.6 Å². The molecule has 1 aromatic carbocycles. The first-order valence-corrected chi connectivity index (χ1v) is 6.38. The molecule has 0 unspecified atom stereocenters. The molecule has 2 rings (SSSR count). The first-order chi connectivity index (χ1) is 8.48. The van der Waals surface area contributed by atoms with Gasteiger partial charge in [0.2, 0.25) is 0 Å². The van der Waals surface area contributed by atoms with Gasteiger partial charge in [-0.15, -0.1) is 0 Å². The second kappa shape index (κ2) is 5.33. The van der Waals surface area contributed by atoms with Crippen molar-refractivity contribution in [1.82, 2.24) is 10.2 Å². The number of hydrogen-bond donors (Lipinski definition) is 1. The van der Waals surface area contributed by atoms with Gasteiger partial charge < -0.3 is 5.32 Å². The molecule has 1 N–H and O–H groups in total. The van der Waals surface area contributed by atoms with Crippen molar-refractivity contribution in [1.29, 1.82) is 0 Å². The molecule has 0 amide bonds. The van der Waals surface area contributed by atoms with E-state index in [4.69, 9.17) is 0 Å². The van der Waals surface area contributed by atoms with Crippen LogP contribution in [0.5, 0.6) is 0 Å². The molecule has 0 aliphatic carbocycles. The van der Waals surface area contributed by atoms with Gasteiger partial charge in [0.15, 0.2) is 11.6 Å². The van der Waals surface area contributed by atoms with Gasteiger partial charge >= 0.3 is 0 Å². The molecule has 1 fully saturated rings. The van der Waals surface area contributed by atoms with Gasteiger partial charge in [0.05, 0.1) is 0 Å². The van der Waals surface area contributed by atoms with E-state index in [9.17, 15) is 8.78 Å². The number of hydrogen-bond acceptors (Lipinski definition) is 2. The molecule has 0 saturated carbocycles. The van der Waals surface area contributed by atoms with Gasteiger partial charge in [-0.05, 0) is 39.4 Å². The number of rotatable bonds is 2. The van der Waals surface area contributed by atoms with E-state index in [1.165, 1.54) is 0 Å². The fraction of sp³-hybridized carbons (Fsp3) is 0.571. The second-order valence-corrected chi connectivity index (χ2v) is 5.59. The van der Waals surface area contributed by atoms with Gasteiger partial charge in [-0.25, -0.2) is 8.78 Å². The van der Waals surface area contributed by atoms with E-state index in [0.717, 1.165) is 32.1 Å². The van der Waals surface area contributed by atoms with Gasteiger partial charge in [-0.1, -0.05) is 12.1 Å². The van der Waals surface area contributed by atoms with Gasteiger partial charge in [0, 0.05) is 24.2 Å². The van der Waals surface area contributed by atoms with E-state index in [-0.39, 0.29) is 5.54 Å². The second-order valence-electron chi connectivity index (χ2n) is 5.59. The van der Waals surface area contributed by atoms with Crippen molar-refractivity contribution >= 4 is 0 Å². The van der Waals surface area contributed by atoms with E-state index in [1.54, 1.807) is 12.1 Å². The van der Waals surface area contributed by atoms with E-state index < -0.39 is 11.6 Å². The highest BCUT2D eigenvalue weighted by atomic mass is 19.2. The number of halogens is 2. The van der Waals surface area contributed by atoms with E-state index in [0.29, 0.717) is 12.1 Å². The minimum absolute atomic E-state index is 0.0142. The Bertz CT molecular complexity index is 418. The van der Waals surface area contributed by atoms with E-state index >= 15 is 0 Å². The highest BCUT2D eigenvalue weighted by Gasteiger charge is 2.24. The van der Waals surface area contributed by atoms with Crippen LogP contribution in [0.2, 0.25) is 0 Å². The van der Waals surface area contributed by atoms with Crippen molar-refractivity contribution in [2.24, 2.45) is 0 Å². The van der Waals surface area contributed by atoms with Crippen molar-refractivity contribution < 1.29 is 8.78 Å². The Morgan fingerprint density at radius 2 is 2.11 bits per heavy atom. The van der Waals surface area contributed by atoms with Crippen LogP contribution < -0.4 is 5.32 Å². The number of nitrogens with one attached hydrogen (secondary N) is 1. The lowest BCUT2D eigenvalue weighted by atomic mass is 10.1. The normalized spacial score (nSPS) is 20.7. The zero-order chi connectivity index (χ0) is 13.2. The Morgan fingerprint density at radius 1 is 1.33 bits per heavy atom. The van der Waals surface area contributed by atoms with Crippen molar-refractivity contribution in [2.45, 2.75) is 32.4 Å². The summed E-state index contributed by atoms with van der Waals surface area (Å²) in [5.74, 6) is -1.48. The first-order valence-electron chi connectivity index (χ1n) is 6.38. The molecule has 0 aromatic heterocycles. The van der Waals surface area contributed by atoms with Crippen LogP contribution in [0.15, 0.2) is 18.2 Å². The average molecular weight is 254 g/mol. The molecular weight excluding hydrogens is 234 g/mol. The summed E-state index contributed by atoms with van der Waals surface area (Å²) >= 11 is 0. The topological polar surface area (TPSA) is 15.3 Å². The summed E-state index contributed by atoms with van der Waals surface area (Å²) in [6.07, 6.45) is 1.03. The van der Waals surface area contributed by atoms with Crippen molar-refractivity contribution in [2.75, 3.05) is 19.6 Å². The Hall–Kier alpha value is -1.00. The molecule has 100 valence electrons. The summed E-state index contributed by atoms with van der Waals surface area (Å²) in [7, 11) is 0. The van der Waals surface area contributed by atoms with Crippen LogP contribution in [0.25, 0.3) is 0 Å². The third kappa shape index (κ3) is 3.27. The Kier molecular flexibility index (Phi) is 3.97. The van der Waals surface area contributed by atoms with Crippen LogP contribution >= 0.6 is 0 Å². The van der Waals surface area contributed by atoms with Crippen molar-refractivity contribution in [3.05, 3.63) is 35.4 Å². The predicted octanol–water partition coefficient (Wildman–Crippen LogP) is 2.54. The molecule has 2 nitrogen and oxygen atoms in total. The van der Waals surface area contributed by atoms with Gasteiger partial charge in [-0.2, -0.15) is 0 Å². The standard InChI is InChI=1S/C14H20F2N2/c1-14(2)10-18(8-4-7-17-14)9-11-5-3-6-12(15)13(11)16/h3,5-6,17H,4,7-10H2,1-2H3. The molecule has 1 aliphatic heterocycles. The van der Waals surface area contributed by atoms with Gasteiger partial charge in [0.25, 0.3) is 0 Å². The SMILES string of the molecule is CC1(C)CN(Cc2cccc(F)c2F)CCCN1. The van der Waals surface area contributed by atoms with Crippen molar-refractivity contribution in [3.63, 3.8) is 0 Å². The van der Waals surface area contributed by atoms with E-state index in [2.05, 4.69) is 24.1 Å². The average Bonchev–Trinajstić information content (AvgIpc) is 2.46. The Labute approximate surface area is 107 Å². The maximum Gasteiger partial charge on any atom is 0.163 e. The minimum atomic E-state index is -0.764. The third-order valence-electron chi connectivity index (χ3n) is 3.30. The quantitative estimate of drug-likeness (QED) is 0.872. The highest BCUT2D eigenvalue weighted by molar-refractivity contribution is 5.19. The molecular formula is C14H20F2N2. The zero-order valence-electron chi connectivity index (χ0n) is 11.0. The van der Waals surface area contributed by atoms with E-state index in [1.807, 2.05) is 0 Å². The molecule has 0 radical (unpaired) electrons. The fourth-order valence-corrected chi connectivity index (χ4v) is 2.47. The minimum Gasteiger partial charge on any atom is -0.310 e. The van der Waals surface area contributed by atoms with Gasteiger partial charge in [0.1, 0.15) is 0 Å². The Balaban J connectivity index is 2.10. The van der Waals surface area contributed by atoms with Crippen LogP contribution in [0.3, 0.4) is 0 Å². The molecule has 0 bridgehead atoms. The highest BCUT2D eigenvalue weighted by Crippen LogP contribution is 2.17. The lowest BCUT2D eigenvalue weighted by molar-refractivity contribution is 0.220. The van der Waals surface area contributed by atoms with Crippen LogP contribution in [-0.4, -0.2) is 30.1 Å². The molecule has 1 saturated heterocycles. The summed E-state index contributed by atoms with van der Waals surface area (Å²) in [5.41, 5.74) is 0.452. The molecule has 1 aliphatic rings. The summed E-state index contributed by atoms with van der Waals surface area (Å²) < 4.78 is 26.8. The summed E-state index contributed by atoms with van der Waals surface area (Å²) in [6, 6.07) is 4.38. The lowest BCUT2D eigenvalue weighted by Crippen LogP contribution is -2.46. The third-order valence-corrected chi connectivity index (χ3v) is 3.30. The summed E-state index contributed by atoms with van der Waals surface area (Å²) in [6.45, 7) is 7.44. The van der Waals surface area contributed by atoms with Crippen LogP contribution in [0.1, 0.15) is 25.8 Å². The smallest absolute Gasteiger partial charge is 0.163 e. The fourth-order valence-electron chi connectivity index (χ4n) is 2.47. The Morgan fingerprint density at radius 3 is 2.89 bits per heavy atom. The first kappa shape index (κ1) is 13.4. The largest absolute Gasteiger partial charge is 0.310 e. The molecule has 18 heavy (non-hydrogen) atoms. The number of benzene rings is 1. The molecule has 1 aromatic rings. The lowest BCUT2D eigenvalue weighted by Gasteiger charge is -2.30. The van der Waals surface area contributed by atoms with Gasteiger partial charge in [-0.3, -0.25) is 4.90 Å². The number of nitrogens with zero attached hydrogens (tertiary/aromatic N) is 1.